The summed E-state index contributed by atoms with van der Waals surface area (Å²) in [6.07, 6.45) is 3.14. The average molecular weight is 317 g/mol. The maximum Gasteiger partial charge on any atom is 0.373 e. The standard InChI is InChI=1S/C19H28O2Si/c1-4-14-20-22(16-6-3,21-15-5-2)19-13-9-11-17-10-7-8-12-18(17)19/h7-13H,4-6,14-16H2,1-3H3. The molecule has 0 bridgehead atoms. The first-order valence-corrected chi connectivity index (χ1v) is 10.6. The fourth-order valence-electron chi connectivity index (χ4n) is 2.90. The normalized spacial score (nSPS) is 12.0. The minimum absolute atomic E-state index is 0.777. The maximum atomic E-state index is 6.43. The molecule has 0 saturated carbocycles. The molecule has 0 fully saturated rings. The van der Waals surface area contributed by atoms with Crippen LogP contribution in [0.3, 0.4) is 0 Å². The highest BCUT2D eigenvalue weighted by Crippen LogP contribution is 2.22. The van der Waals surface area contributed by atoms with Gasteiger partial charge in [0.05, 0.1) is 0 Å². The lowest BCUT2D eigenvalue weighted by atomic mass is 10.1. The van der Waals surface area contributed by atoms with E-state index in [2.05, 4.69) is 63.2 Å². The van der Waals surface area contributed by atoms with Gasteiger partial charge in [0, 0.05) is 18.4 Å². The van der Waals surface area contributed by atoms with E-state index >= 15 is 0 Å². The smallest absolute Gasteiger partial charge is 0.373 e. The molecule has 120 valence electrons. The fraction of sp³-hybridized carbons (Fsp3) is 0.474. The van der Waals surface area contributed by atoms with Crippen LogP contribution in [0.25, 0.3) is 10.8 Å². The monoisotopic (exact) mass is 316 g/mol. The summed E-state index contributed by atoms with van der Waals surface area (Å²) in [6.45, 7) is 8.10. The second-order valence-electron chi connectivity index (χ2n) is 5.73. The van der Waals surface area contributed by atoms with Crippen molar-refractivity contribution in [2.75, 3.05) is 13.2 Å². The van der Waals surface area contributed by atoms with Crippen molar-refractivity contribution in [2.24, 2.45) is 0 Å². The summed E-state index contributed by atoms with van der Waals surface area (Å²) in [4.78, 5) is 0. The van der Waals surface area contributed by atoms with Gasteiger partial charge >= 0.3 is 8.56 Å². The summed E-state index contributed by atoms with van der Waals surface area (Å²) in [5, 5.41) is 3.86. The molecule has 0 atom stereocenters. The van der Waals surface area contributed by atoms with Gasteiger partial charge < -0.3 is 8.85 Å². The summed E-state index contributed by atoms with van der Waals surface area (Å²) < 4.78 is 12.9. The molecule has 2 aromatic rings. The van der Waals surface area contributed by atoms with E-state index in [1.165, 1.54) is 16.0 Å². The number of hydrogen-bond donors (Lipinski definition) is 0. The Morgan fingerprint density at radius 3 is 2.05 bits per heavy atom. The molecule has 0 spiro atoms. The Bertz CT molecular complexity index is 569. The minimum atomic E-state index is -2.38. The molecule has 3 heteroatoms. The third kappa shape index (κ3) is 3.78. The number of benzene rings is 2. The zero-order valence-corrected chi connectivity index (χ0v) is 15.1. The first-order valence-electron chi connectivity index (χ1n) is 8.53. The van der Waals surface area contributed by atoms with Gasteiger partial charge in [-0.05, 0) is 29.7 Å². The molecule has 0 aromatic heterocycles. The van der Waals surface area contributed by atoms with Gasteiger partial charge in [0.25, 0.3) is 0 Å². The second-order valence-corrected chi connectivity index (χ2v) is 8.85. The molecule has 0 radical (unpaired) electrons. The Morgan fingerprint density at radius 1 is 0.773 bits per heavy atom. The van der Waals surface area contributed by atoms with Gasteiger partial charge in [-0.15, -0.1) is 0 Å². The Hall–Kier alpha value is -1.16. The van der Waals surface area contributed by atoms with Gasteiger partial charge in [-0.25, -0.2) is 0 Å². The van der Waals surface area contributed by atoms with Crippen LogP contribution in [0.4, 0.5) is 0 Å². The van der Waals surface area contributed by atoms with E-state index in [4.69, 9.17) is 8.85 Å². The van der Waals surface area contributed by atoms with Gasteiger partial charge in [-0.3, -0.25) is 0 Å². The van der Waals surface area contributed by atoms with Crippen LogP contribution < -0.4 is 5.19 Å². The second kappa shape index (κ2) is 8.46. The maximum absolute atomic E-state index is 6.43. The molecular weight excluding hydrogens is 288 g/mol. The van der Waals surface area contributed by atoms with Crippen molar-refractivity contribution in [3.8, 4) is 0 Å². The van der Waals surface area contributed by atoms with Crippen LogP contribution in [0.2, 0.25) is 6.04 Å². The molecule has 0 amide bonds. The topological polar surface area (TPSA) is 18.5 Å². The van der Waals surface area contributed by atoms with Crippen LogP contribution >= 0.6 is 0 Å². The lowest BCUT2D eigenvalue weighted by molar-refractivity contribution is 0.179. The van der Waals surface area contributed by atoms with E-state index in [0.29, 0.717) is 0 Å². The molecule has 2 rings (SSSR count). The van der Waals surface area contributed by atoms with Crippen molar-refractivity contribution in [3.63, 3.8) is 0 Å². The van der Waals surface area contributed by atoms with Crippen LogP contribution in [0.15, 0.2) is 42.5 Å². The van der Waals surface area contributed by atoms with Gasteiger partial charge in [-0.2, -0.15) is 0 Å². The zero-order chi connectivity index (χ0) is 15.8. The number of fused-ring (bicyclic) bond motifs is 1. The van der Waals surface area contributed by atoms with Crippen molar-refractivity contribution in [3.05, 3.63) is 42.5 Å². The quantitative estimate of drug-likeness (QED) is 0.621. The lowest BCUT2D eigenvalue weighted by Gasteiger charge is -2.32. The van der Waals surface area contributed by atoms with Crippen LogP contribution in [-0.2, 0) is 8.85 Å². The number of hydrogen-bond acceptors (Lipinski definition) is 2. The highest BCUT2D eigenvalue weighted by molar-refractivity contribution is 6.83. The Kier molecular flexibility index (Phi) is 6.62. The molecule has 2 nitrogen and oxygen atoms in total. The molecule has 0 unspecified atom stereocenters. The van der Waals surface area contributed by atoms with Crippen LogP contribution in [-0.4, -0.2) is 21.8 Å². The highest BCUT2D eigenvalue weighted by atomic mass is 28.4. The van der Waals surface area contributed by atoms with Crippen molar-refractivity contribution in [1.29, 1.82) is 0 Å². The predicted octanol–water partition coefficient (Wildman–Crippen LogP) is 4.75. The number of rotatable bonds is 9. The third-order valence-electron chi connectivity index (χ3n) is 3.86. The lowest BCUT2D eigenvalue weighted by Crippen LogP contribution is -2.54. The SMILES string of the molecule is CCCO[Si](CCC)(OCCC)c1cccc2ccccc12. The predicted molar refractivity (Wildman–Crippen MR) is 96.9 cm³/mol. The molecule has 0 aliphatic heterocycles. The summed E-state index contributed by atoms with van der Waals surface area (Å²) in [5.41, 5.74) is 0. The van der Waals surface area contributed by atoms with Gasteiger partial charge in [0.15, 0.2) is 0 Å². The molecule has 0 heterocycles. The van der Waals surface area contributed by atoms with E-state index in [1.807, 2.05) is 0 Å². The van der Waals surface area contributed by atoms with Crippen molar-refractivity contribution in [1.82, 2.24) is 0 Å². The van der Waals surface area contributed by atoms with Crippen molar-refractivity contribution >= 4 is 24.5 Å². The fourth-order valence-corrected chi connectivity index (χ4v) is 6.56. The van der Waals surface area contributed by atoms with Crippen molar-refractivity contribution in [2.45, 2.75) is 46.1 Å². The van der Waals surface area contributed by atoms with E-state index in [9.17, 15) is 0 Å². The molecule has 0 N–H and O–H groups in total. The molecular formula is C19H28O2Si. The van der Waals surface area contributed by atoms with Gasteiger partial charge in [-0.1, -0.05) is 69.7 Å². The van der Waals surface area contributed by atoms with E-state index in [1.54, 1.807) is 0 Å². The van der Waals surface area contributed by atoms with E-state index < -0.39 is 8.56 Å². The molecule has 22 heavy (non-hydrogen) atoms. The summed E-state index contributed by atoms with van der Waals surface area (Å²) in [6, 6.07) is 16.1. The van der Waals surface area contributed by atoms with Crippen molar-refractivity contribution < 1.29 is 8.85 Å². The Labute approximate surface area is 135 Å². The zero-order valence-electron chi connectivity index (χ0n) is 14.1. The summed E-state index contributed by atoms with van der Waals surface area (Å²) in [5.74, 6) is 0. The van der Waals surface area contributed by atoms with Gasteiger partial charge in [0.1, 0.15) is 0 Å². The average Bonchev–Trinajstić information content (AvgIpc) is 2.57. The third-order valence-corrected chi connectivity index (χ3v) is 7.61. The molecule has 0 aliphatic carbocycles. The van der Waals surface area contributed by atoms with Crippen LogP contribution in [0, 0.1) is 0 Å². The van der Waals surface area contributed by atoms with E-state index in [-0.39, 0.29) is 0 Å². The Morgan fingerprint density at radius 2 is 1.41 bits per heavy atom. The van der Waals surface area contributed by atoms with Crippen LogP contribution in [0.1, 0.15) is 40.0 Å². The first kappa shape index (κ1) is 17.2. The molecule has 0 aliphatic rings. The van der Waals surface area contributed by atoms with Gasteiger partial charge in [0.2, 0.25) is 0 Å². The first-order chi connectivity index (χ1) is 10.8. The highest BCUT2D eigenvalue weighted by Gasteiger charge is 2.40. The Balaban J connectivity index is 2.52. The molecule has 2 aromatic carbocycles. The molecule has 0 saturated heterocycles. The summed E-state index contributed by atoms with van der Waals surface area (Å²) in [7, 11) is -2.38. The summed E-state index contributed by atoms with van der Waals surface area (Å²) >= 11 is 0. The largest absolute Gasteiger partial charge is 0.391 e. The minimum Gasteiger partial charge on any atom is -0.391 e. The van der Waals surface area contributed by atoms with Crippen LogP contribution in [0.5, 0.6) is 0 Å². The van der Waals surface area contributed by atoms with E-state index in [0.717, 1.165) is 38.5 Å².